The van der Waals surface area contributed by atoms with Crippen molar-refractivity contribution in [3.05, 3.63) is 95.4 Å². The number of amides is 1. The lowest BCUT2D eigenvalue weighted by atomic mass is 10.2. The average molecular weight is 377 g/mol. The third kappa shape index (κ3) is 3.50. The van der Waals surface area contributed by atoms with Crippen LogP contribution in [0, 0.1) is 6.92 Å². The Morgan fingerprint density at radius 1 is 1.00 bits per heavy atom. The number of rotatable bonds is 4. The maximum atomic E-state index is 12.9. The highest BCUT2D eigenvalue weighted by atomic mass is 35.5. The molecule has 2 heterocycles. The van der Waals surface area contributed by atoms with E-state index >= 15 is 0 Å². The van der Waals surface area contributed by atoms with Gasteiger partial charge in [0.05, 0.1) is 11.9 Å². The van der Waals surface area contributed by atoms with Crippen molar-refractivity contribution in [2.75, 3.05) is 5.32 Å². The Morgan fingerprint density at radius 2 is 1.67 bits per heavy atom. The van der Waals surface area contributed by atoms with Gasteiger partial charge in [-0.05, 0) is 55.5 Å². The predicted octanol–water partition coefficient (Wildman–Crippen LogP) is 4.88. The van der Waals surface area contributed by atoms with Crippen molar-refractivity contribution in [2.45, 2.75) is 6.92 Å². The van der Waals surface area contributed by atoms with Crippen molar-refractivity contribution in [3.8, 4) is 11.5 Å². The number of carbonyl (C=O) groups excluding carboxylic acids is 1. The molecule has 4 aromatic rings. The molecular weight excluding hydrogens is 360 g/mol. The zero-order valence-electron chi connectivity index (χ0n) is 14.6. The van der Waals surface area contributed by atoms with Crippen LogP contribution in [0.3, 0.4) is 0 Å². The van der Waals surface area contributed by atoms with E-state index < -0.39 is 0 Å². The third-order valence-electron chi connectivity index (χ3n) is 4.22. The standard InChI is InChI=1S/C21H17ClN4O/c1-15-4-10-18(11-5-15)26-21(25-12-2-3-13-25)19(14-23-26)20(27)24-17-8-6-16(22)7-9-17/h2-14H,1H3,(H,24,27). The number of anilines is 1. The van der Waals surface area contributed by atoms with Crippen LogP contribution >= 0.6 is 11.6 Å². The van der Waals surface area contributed by atoms with Gasteiger partial charge in [0, 0.05) is 23.1 Å². The first kappa shape index (κ1) is 17.1. The number of hydrogen-bond acceptors (Lipinski definition) is 2. The number of nitrogens with zero attached hydrogens (tertiary/aromatic N) is 3. The van der Waals surface area contributed by atoms with Crippen molar-refractivity contribution in [1.29, 1.82) is 0 Å². The van der Waals surface area contributed by atoms with Crippen molar-refractivity contribution >= 4 is 23.2 Å². The zero-order chi connectivity index (χ0) is 18.8. The monoisotopic (exact) mass is 376 g/mol. The predicted molar refractivity (Wildman–Crippen MR) is 107 cm³/mol. The molecule has 0 saturated heterocycles. The summed E-state index contributed by atoms with van der Waals surface area (Å²) >= 11 is 5.91. The molecule has 0 aliphatic rings. The summed E-state index contributed by atoms with van der Waals surface area (Å²) in [6.07, 6.45) is 5.36. The fourth-order valence-electron chi connectivity index (χ4n) is 2.83. The second-order valence-corrected chi connectivity index (χ2v) is 6.62. The van der Waals surface area contributed by atoms with Crippen LogP contribution in [-0.2, 0) is 0 Å². The second-order valence-electron chi connectivity index (χ2n) is 6.18. The maximum Gasteiger partial charge on any atom is 0.261 e. The number of halogens is 1. The van der Waals surface area contributed by atoms with Gasteiger partial charge in [-0.3, -0.25) is 4.79 Å². The molecule has 0 aliphatic heterocycles. The highest BCUT2D eigenvalue weighted by Gasteiger charge is 2.20. The molecule has 6 heteroatoms. The molecule has 134 valence electrons. The Balaban J connectivity index is 1.75. The summed E-state index contributed by atoms with van der Waals surface area (Å²) in [7, 11) is 0. The smallest absolute Gasteiger partial charge is 0.261 e. The summed E-state index contributed by atoms with van der Waals surface area (Å²) in [6.45, 7) is 2.03. The van der Waals surface area contributed by atoms with Crippen LogP contribution in [0.15, 0.2) is 79.3 Å². The molecule has 4 rings (SSSR count). The minimum Gasteiger partial charge on any atom is -0.322 e. The molecule has 0 spiro atoms. The number of benzene rings is 2. The van der Waals surface area contributed by atoms with Crippen LogP contribution in [0.2, 0.25) is 5.02 Å². The fourth-order valence-corrected chi connectivity index (χ4v) is 2.96. The molecule has 5 nitrogen and oxygen atoms in total. The van der Waals surface area contributed by atoms with Crippen LogP contribution in [0.25, 0.3) is 11.5 Å². The Morgan fingerprint density at radius 3 is 2.33 bits per heavy atom. The molecule has 0 atom stereocenters. The van der Waals surface area contributed by atoms with Gasteiger partial charge in [-0.25, -0.2) is 4.68 Å². The minimum absolute atomic E-state index is 0.237. The van der Waals surface area contributed by atoms with Gasteiger partial charge in [0.2, 0.25) is 0 Å². The Bertz CT molecular complexity index is 1060. The van der Waals surface area contributed by atoms with E-state index in [2.05, 4.69) is 10.4 Å². The van der Waals surface area contributed by atoms with Crippen molar-refractivity contribution in [3.63, 3.8) is 0 Å². The van der Waals surface area contributed by atoms with E-state index in [1.807, 2.05) is 60.3 Å². The summed E-state index contributed by atoms with van der Waals surface area (Å²) in [5.41, 5.74) is 3.19. The third-order valence-corrected chi connectivity index (χ3v) is 4.47. The summed E-state index contributed by atoms with van der Waals surface area (Å²) in [5, 5.41) is 7.98. The van der Waals surface area contributed by atoms with Gasteiger partial charge in [-0.2, -0.15) is 5.10 Å². The first-order chi connectivity index (χ1) is 13.1. The van der Waals surface area contributed by atoms with Gasteiger partial charge in [0.25, 0.3) is 5.91 Å². The van der Waals surface area contributed by atoms with Gasteiger partial charge < -0.3 is 9.88 Å². The molecule has 0 aliphatic carbocycles. The van der Waals surface area contributed by atoms with Crippen LogP contribution in [0.5, 0.6) is 0 Å². The van der Waals surface area contributed by atoms with Crippen LogP contribution in [0.1, 0.15) is 15.9 Å². The quantitative estimate of drug-likeness (QED) is 0.552. The SMILES string of the molecule is Cc1ccc(-n2ncc(C(=O)Nc3ccc(Cl)cc3)c2-n2cccc2)cc1. The second kappa shape index (κ2) is 7.13. The fraction of sp³-hybridized carbons (Fsp3) is 0.0476. The normalized spacial score (nSPS) is 10.7. The van der Waals surface area contributed by atoms with Crippen molar-refractivity contribution in [1.82, 2.24) is 14.3 Å². The molecule has 0 unspecified atom stereocenters. The minimum atomic E-state index is -0.237. The van der Waals surface area contributed by atoms with Crippen LogP contribution in [-0.4, -0.2) is 20.3 Å². The molecule has 2 aromatic carbocycles. The zero-order valence-corrected chi connectivity index (χ0v) is 15.4. The van der Waals surface area contributed by atoms with Crippen molar-refractivity contribution in [2.24, 2.45) is 0 Å². The number of nitrogens with one attached hydrogen (secondary N) is 1. The first-order valence-electron chi connectivity index (χ1n) is 8.47. The van der Waals surface area contributed by atoms with Gasteiger partial charge in [0.1, 0.15) is 5.56 Å². The largest absolute Gasteiger partial charge is 0.322 e. The van der Waals surface area contributed by atoms with E-state index in [0.29, 0.717) is 22.1 Å². The lowest BCUT2D eigenvalue weighted by Gasteiger charge is -2.11. The molecule has 27 heavy (non-hydrogen) atoms. The van der Waals surface area contributed by atoms with E-state index in [1.54, 1.807) is 35.1 Å². The van der Waals surface area contributed by atoms with E-state index in [4.69, 9.17) is 11.6 Å². The summed E-state index contributed by atoms with van der Waals surface area (Å²) < 4.78 is 3.64. The molecular formula is C21H17ClN4O. The van der Waals surface area contributed by atoms with Gasteiger partial charge in [-0.15, -0.1) is 0 Å². The summed E-state index contributed by atoms with van der Waals surface area (Å²) in [5.74, 6) is 0.440. The molecule has 0 fully saturated rings. The number of aryl methyl sites for hydroxylation is 1. The highest BCUT2D eigenvalue weighted by Crippen LogP contribution is 2.22. The highest BCUT2D eigenvalue weighted by molar-refractivity contribution is 6.30. The topological polar surface area (TPSA) is 51.9 Å². The van der Waals surface area contributed by atoms with E-state index in [-0.39, 0.29) is 5.91 Å². The van der Waals surface area contributed by atoms with E-state index in [9.17, 15) is 4.79 Å². The molecule has 0 bridgehead atoms. The van der Waals surface area contributed by atoms with E-state index in [0.717, 1.165) is 11.3 Å². The summed E-state index contributed by atoms with van der Waals surface area (Å²) in [6, 6.07) is 18.8. The maximum absolute atomic E-state index is 12.9. The molecule has 0 radical (unpaired) electrons. The number of hydrogen-bond donors (Lipinski definition) is 1. The molecule has 0 saturated carbocycles. The molecule has 1 amide bonds. The number of carbonyl (C=O) groups is 1. The summed E-state index contributed by atoms with van der Waals surface area (Å²) in [4.78, 5) is 12.9. The van der Waals surface area contributed by atoms with Gasteiger partial charge in [-0.1, -0.05) is 29.3 Å². The van der Waals surface area contributed by atoms with Crippen LogP contribution in [0.4, 0.5) is 5.69 Å². The first-order valence-corrected chi connectivity index (χ1v) is 8.85. The number of aromatic nitrogens is 3. The van der Waals surface area contributed by atoms with E-state index in [1.165, 1.54) is 0 Å². The Labute approximate surface area is 161 Å². The van der Waals surface area contributed by atoms with Gasteiger partial charge >= 0.3 is 0 Å². The van der Waals surface area contributed by atoms with Crippen molar-refractivity contribution < 1.29 is 4.79 Å². The average Bonchev–Trinajstić information content (AvgIpc) is 3.33. The molecule has 2 aromatic heterocycles. The van der Waals surface area contributed by atoms with Crippen LogP contribution < -0.4 is 5.32 Å². The Hall–Kier alpha value is -3.31. The lowest BCUT2D eigenvalue weighted by Crippen LogP contribution is -2.15. The Kier molecular flexibility index (Phi) is 4.52. The molecule has 1 N–H and O–H groups in total. The van der Waals surface area contributed by atoms with Gasteiger partial charge in [0.15, 0.2) is 5.82 Å². The lowest BCUT2D eigenvalue weighted by molar-refractivity contribution is 0.102.